The highest BCUT2D eigenvalue weighted by atomic mass is 32.1. The lowest BCUT2D eigenvalue weighted by molar-refractivity contribution is 0.140. The first kappa shape index (κ1) is 16.7. The minimum Gasteiger partial charge on any atom is -0.444 e. The topological polar surface area (TPSA) is 51.2 Å². The Balaban J connectivity index is 1.47. The molecule has 0 unspecified atom stereocenters. The zero-order valence-electron chi connectivity index (χ0n) is 13.4. The van der Waals surface area contributed by atoms with Gasteiger partial charge in [-0.1, -0.05) is 36.1 Å². The molecule has 0 aliphatic carbocycles. The van der Waals surface area contributed by atoms with Crippen LogP contribution in [0.3, 0.4) is 0 Å². The molecule has 2 heterocycles. The van der Waals surface area contributed by atoms with Gasteiger partial charge in [0.2, 0.25) is 0 Å². The van der Waals surface area contributed by atoms with E-state index in [2.05, 4.69) is 22.1 Å². The third-order valence-electron chi connectivity index (χ3n) is 3.27. The molecule has 0 spiro atoms. The molecular formula is C20H16N2O2S. The summed E-state index contributed by atoms with van der Waals surface area (Å²) in [5, 5.41) is 2.70. The van der Waals surface area contributed by atoms with E-state index in [0.29, 0.717) is 6.54 Å². The number of alkyl carbamates (subject to hydrolysis) is 1. The molecule has 0 aliphatic heterocycles. The first-order chi connectivity index (χ1) is 12.3. The van der Waals surface area contributed by atoms with Gasteiger partial charge in [0.25, 0.3) is 0 Å². The first-order valence-corrected chi connectivity index (χ1v) is 8.56. The molecule has 3 aromatic rings. The molecule has 0 saturated carbocycles. The predicted octanol–water partition coefficient (Wildman–Crippen LogP) is 3.97. The van der Waals surface area contributed by atoms with Gasteiger partial charge >= 0.3 is 6.09 Å². The number of thiophene rings is 1. The summed E-state index contributed by atoms with van der Waals surface area (Å²) < 4.78 is 5.22. The molecule has 0 atom stereocenters. The van der Waals surface area contributed by atoms with Crippen LogP contribution in [0, 0.1) is 11.8 Å². The van der Waals surface area contributed by atoms with Crippen LogP contribution >= 0.6 is 11.3 Å². The molecule has 3 rings (SSSR count). The highest BCUT2D eigenvalue weighted by Gasteiger charge is 2.04. The van der Waals surface area contributed by atoms with Gasteiger partial charge in [0, 0.05) is 29.4 Å². The predicted molar refractivity (Wildman–Crippen MR) is 98.0 cm³/mol. The van der Waals surface area contributed by atoms with E-state index in [9.17, 15) is 4.79 Å². The van der Waals surface area contributed by atoms with Gasteiger partial charge in [-0.2, -0.15) is 0 Å². The van der Waals surface area contributed by atoms with Crippen LogP contribution in [-0.4, -0.2) is 11.1 Å². The first-order valence-electron chi connectivity index (χ1n) is 7.75. The van der Waals surface area contributed by atoms with Crippen LogP contribution in [0.25, 0.3) is 0 Å². The molecule has 1 aromatic carbocycles. The monoisotopic (exact) mass is 348 g/mol. The van der Waals surface area contributed by atoms with Crippen LogP contribution in [-0.2, 0) is 17.9 Å². The van der Waals surface area contributed by atoms with Crippen molar-refractivity contribution in [2.45, 2.75) is 13.2 Å². The fourth-order valence-corrected chi connectivity index (χ4v) is 2.82. The molecule has 2 aromatic heterocycles. The van der Waals surface area contributed by atoms with E-state index in [1.165, 1.54) is 11.3 Å². The molecule has 4 nitrogen and oxygen atoms in total. The third kappa shape index (κ3) is 5.48. The summed E-state index contributed by atoms with van der Waals surface area (Å²) in [6.07, 6.45) is 2.95. The van der Waals surface area contributed by atoms with E-state index < -0.39 is 6.09 Å². The Morgan fingerprint density at radius 3 is 2.76 bits per heavy atom. The van der Waals surface area contributed by atoms with Crippen molar-refractivity contribution in [3.05, 3.63) is 87.9 Å². The number of nitrogens with one attached hydrogen (secondary N) is 1. The van der Waals surface area contributed by atoms with Gasteiger partial charge in [-0.05, 0) is 35.9 Å². The highest BCUT2D eigenvalue weighted by Crippen LogP contribution is 2.16. The van der Waals surface area contributed by atoms with E-state index in [4.69, 9.17) is 4.74 Å². The zero-order valence-corrected chi connectivity index (χ0v) is 14.3. The second kappa shape index (κ2) is 8.67. The molecule has 1 N–H and O–H groups in total. The molecule has 0 aliphatic rings. The van der Waals surface area contributed by atoms with Gasteiger partial charge in [0.1, 0.15) is 6.61 Å². The van der Waals surface area contributed by atoms with E-state index in [0.717, 1.165) is 20.9 Å². The van der Waals surface area contributed by atoms with E-state index in [1.54, 1.807) is 12.4 Å². The van der Waals surface area contributed by atoms with Crippen molar-refractivity contribution >= 4 is 17.4 Å². The summed E-state index contributed by atoms with van der Waals surface area (Å²) in [6, 6.07) is 17.4. The average molecular weight is 348 g/mol. The molecular weight excluding hydrogens is 332 g/mol. The number of aromatic nitrogens is 1. The van der Waals surface area contributed by atoms with E-state index >= 15 is 0 Å². The van der Waals surface area contributed by atoms with Gasteiger partial charge < -0.3 is 10.1 Å². The Kier molecular flexibility index (Phi) is 5.81. The van der Waals surface area contributed by atoms with Crippen molar-refractivity contribution in [2.75, 3.05) is 0 Å². The molecule has 124 valence electrons. The second-order valence-electron chi connectivity index (χ2n) is 5.17. The maximum atomic E-state index is 11.7. The summed E-state index contributed by atoms with van der Waals surface area (Å²) >= 11 is 1.52. The fraction of sp³-hybridized carbons (Fsp3) is 0.100. The lowest BCUT2D eigenvalue weighted by Gasteiger charge is -2.05. The third-order valence-corrected chi connectivity index (χ3v) is 4.24. The summed E-state index contributed by atoms with van der Waals surface area (Å²) in [4.78, 5) is 17.6. The molecule has 0 radical (unpaired) electrons. The second-order valence-corrected chi connectivity index (χ2v) is 6.34. The Labute approximate surface area is 150 Å². The van der Waals surface area contributed by atoms with Gasteiger partial charge in [-0.3, -0.25) is 4.98 Å². The molecule has 0 saturated heterocycles. The van der Waals surface area contributed by atoms with Crippen LogP contribution in [0.5, 0.6) is 0 Å². The van der Waals surface area contributed by atoms with Crippen LogP contribution in [0.2, 0.25) is 0 Å². The number of rotatable bonds is 4. The van der Waals surface area contributed by atoms with Crippen molar-refractivity contribution in [3.63, 3.8) is 0 Å². The van der Waals surface area contributed by atoms with Crippen molar-refractivity contribution in [1.29, 1.82) is 0 Å². The zero-order chi connectivity index (χ0) is 17.3. The molecule has 1 amide bonds. The van der Waals surface area contributed by atoms with Crippen molar-refractivity contribution in [1.82, 2.24) is 10.3 Å². The summed E-state index contributed by atoms with van der Waals surface area (Å²) in [7, 11) is 0. The Morgan fingerprint density at radius 1 is 1.08 bits per heavy atom. The summed E-state index contributed by atoms with van der Waals surface area (Å²) in [6.45, 7) is 0.626. The fourth-order valence-electron chi connectivity index (χ4n) is 2.04. The van der Waals surface area contributed by atoms with Crippen LogP contribution in [0.1, 0.15) is 20.9 Å². The maximum absolute atomic E-state index is 11.7. The van der Waals surface area contributed by atoms with Crippen LogP contribution in [0.15, 0.2) is 67.0 Å². The quantitative estimate of drug-likeness (QED) is 0.726. The number of nitrogens with zero attached hydrogens (tertiary/aromatic N) is 1. The number of hydrogen-bond acceptors (Lipinski definition) is 4. The number of pyridine rings is 1. The number of hydrogen-bond donors (Lipinski definition) is 1. The van der Waals surface area contributed by atoms with Crippen molar-refractivity contribution in [3.8, 4) is 11.8 Å². The number of carbonyl (C=O) groups excluding carboxylic acids is 1. The Hall–Kier alpha value is -3.10. The SMILES string of the molecule is O=C(NCc1cccnc1)OCc1ccc(C#Cc2ccccc2)s1. The van der Waals surface area contributed by atoms with Crippen LogP contribution in [0.4, 0.5) is 4.79 Å². The number of carbonyl (C=O) groups is 1. The van der Waals surface area contributed by atoms with Gasteiger partial charge in [-0.25, -0.2) is 4.79 Å². The van der Waals surface area contributed by atoms with Crippen molar-refractivity contribution in [2.24, 2.45) is 0 Å². The largest absolute Gasteiger partial charge is 0.444 e. The van der Waals surface area contributed by atoms with Crippen molar-refractivity contribution < 1.29 is 9.53 Å². The maximum Gasteiger partial charge on any atom is 0.407 e. The molecule has 5 heteroatoms. The minimum atomic E-state index is -0.450. The highest BCUT2D eigenvalue weighted by molar-refractivity contribution is 7.12. The molecule has 0 bridgehead atoms. The standard InChI is InChI=1S/C20H16N2O2S/c23-20(22-14-17-7-4-12-21-13-17)24-15-19-11-10-18(25-19)9-8-16-5-2-1-3-6-16/h1-7,10-13H,14-15H2,(H,22,23). The number of benzene rings is 1. The van der Waals surface area contributed by atoms with Gasteiger partial charge in [0.15, 0.2) is 0 Å². The van der Waals surface area contributed by atoms with Gasteiger partial charge in [-0.15, -0.1) is 11.3 Å². The minimum absolute atomic E-state index is 0.233. The lowest BCUT2D eigenvalue weighted by atomic mass is 10.2. The van der Waals surface area contributed by atoms with E-state index in [1.807, 2.05) is 54.6 Å². The summed E-state index contributed by atoms with van der Waals surface area (Å²) in [5.41, 5.74) is 1.90. The Morgan fingerprint density at radius 2 is 1.96 bits per heavy atom. The van der Waals surface area contributed by atoms with Gasteiger partial charge in [0.05, 0.1) is 4.88 Å². The Bertz CT molecular complexity index is 880. The molecule has 25 heavy (non-hydrogen) atoms. The number of ether oxygens (including phenoxy) is 1. The smallest absolute Gasteiger partial charge is 0.407 e. The molecule has 0 fully saturated rings. The van der Waals surface area contributed by atoms with Crippen LogP contribution < -0.4 is 5.32 Å². The summed E-state index contributed by atoms with van der Waals surface area (Å²) in [5.74, 6) is 6.23. The average Bonchev–Trinajstić information content (AvgIpc) is 3.13. The lowest BCUT2D eigenvalue weighted by Crippen LogP contribution is -2.23. The number of amides is 1. The van der Waals surface area contributed by atoms with E-state index in [-0.39, 0.29) is 6.61 Å². The normalized spacial score (nSPS) is 9.76.